The maximum absolute atomic E-state index is 12.1. The summed E-state index contributed by atoms with van der Waals surface area (Å²) in [6.07, 6.45) is 8.18. The van der Waals surface area contributed by atoms with Crippen LogP contribution in [0, 0.1) is 5.92 Å². The second-order valence-corrected chi connectivity index (χ2v) is 6.62. The van der Waals surface area contributed by atoms with Crippen molar-refractivity contribution >= 4 is 5.91 Å². The standard InChI is InChI=1S/C15H21N3O2/c19-13(7-10-3-1-2-4-10)18-8-12(9-18)15-16-14(17-20-15)11-5-6-11/h10-12H,1-9H2. The second-order valence-electron chi connectivity index (χ2n) is 6.62. The van der Waals surface area contributed by atoms with Crippen LogP contribution in [0.2, 0.25) is 0 Å². The molecule has 5 heteroatoms. The first kappa shape index (κ1) is 12.4. The number of carbonyl (C=O) groups is 1. The summed E-state index contributed by atoms with van der Waals surface area (Å²) in [5.74, 6) is 3.35. The lowest BCUT2D eigenvalue weighted by atomic mass is 9.97. The Morgan fingerprint density at radius 2 is 1.90 bits per heavy atom. The van der Waals surface area contributed by atoms with Crippen molar-refractivity contribution in [3.05, 3.63) is 11.7 Å². The summed E-state index contributed by atoms with van der Waals surface area (Å²) in [5, 5.41) is 4.04. The van der Waals surface area contributed by atoms with Gasteiger partial charge in [0.25, 0.3) is 0 Å². The molecule has 0 atom stereocenters. The molecule has 4 rings (SSSR count). The van der Waals surface area contributed by atoms with Gasteiger partial charge in [0.05, 0.1) is 5.92 Å². The molecule has 2 heterocycles. The zero-order chi connectivity index (χ0) is 13.5. The summed E-state index contributed by atoms with van der Waals surface area (Å²) >= 11 is 0. The Labute approximate surface area is 118 Å². The predicted molar refractivity (Wildman–Crippen MR) is 72.2 cm³/mol. The van der Waals surface area contributed by atoms with Crippen molar-refractivity contribution in [2.24, 2.45) is 5.92 Å². The van der Waals surface area contributed by atoms with Gasteiger partial charge in [-0.2, -0.15) is 4.98 Å². The van der Waals surface area contributed by atoms with Crippen LogP contribution in [0.25, 0.3) is 0 Å². The Balaban J connectivity index is 1.28. The molecule has 1 aliphatic heterocycles. The number of nitrogens with zero attached hydrogens (tertiary/aromatic N) is 3. The maximum atomic E-state index is 12.1. The van der Waals surface area contributed by atoms with E-state index in [2.05, 4.69) is 10.1 Å². The fourth-order valence-corrected chi connectivity index (χ4v) is 3.35. The van der Waals surface area contributed by atoms with Crippen LogP contribution in [-0.2, 0) is 4.79 Å². The number of hydrogen-bond acceptors (Lipinski definition) is 4. The number of likely N-dealkylation sites (tertiary alicyclic amines) is 1. The molecule has 0 radical (unpaired) electrons. The third-order valence-electron chi connectivity index (χ3n) is 4.92. The normalized spacial score (nSPS) is 24.1. The molecule has 1 amide bonds. The van der Waals surface area contributed by atoms with E-state index >= 15 is 0 Å². The van der Waals surface area contributed by atoms with Crippen LogP contribution < -0.4 is 0 Å². The van der Waals surface area contributed by atoms with Gasteiger partial charge < -0.3 is 9.42 Å². The van der Waals surface area contributed by atoms with E-state index in [1.54, 1.807) is 0 Å². The van der Waals surface area contributed by atoms with Crippen LogP contribution in [-0.4, -0.2) is 34.0 Å². The molecular formula is C15H21N3O2. The van der Waals surface area contributed by atoms with Gasteiger partial charge in [0.2, 0.25) is 11.8 Å². The molecule has 1 aromatic heterocycles. The second kappa shape index (κ2) is 4.86. The lowest BCUT2D eigenvalue weighted by Gasteiger charge is -2.37. The summed E-state index contributed by atoms with van der Waals surface area (Å²) < 4.78 is 5.33. The highest BCUT2D eigenvalue weighted by molar-refractivity contribution is 5.77. The average molecular weight is 275 g/mol. The Kier molecular flexibility index (Phi) is 3.00. The quantitative estimate of drug-likeness (QED) is 0.847. The molecule has 108 valence electrons. The number of amides is 1. The molecule has 0 unspecified atom stereocenters. The highest BCUT2D eigenvalue weighted by Crippen LogP contribution is 2.39. The first-order chi connectivity index (χ1) is 9.79. The highest BCUT2D eigenvalue weighted by atomic mass is 16.5. The van der Waals surface area contributed by atoms with E-state index in [1.807, 2.05) is 4.90 Å². The van der Waals surface area contributed by atoms with E-state index in [-0.39, 0.29) is 5.92 Å². The Morgan fingerprint density at radius 1 is 1.15 bits per heavy atom. The lowest BCUT2D eigenvalue weighted by molar-refractivity contribution is -0.137. The van der Waals surface area contributed by atoms with E-state index in [4.69, 9.17) is 4.52 Å². The zero-order valence-corrected chi connectivity index (χ0v) is 11.8. The fourth-order valence-electron chi connectivity index (χ4n) is 3.35. The predicted octanol–water partition coefficient (Wildman–Crippen LogP) is 2.45. The van der Waals surface area contributed by atoms with Crippen LogP contribution in [0.5, 0.6) is 0 Å². The van der Waals surface area contributed by atoms with Crippen molar-refractivity contribution in [3.63, 3.8) is 0 Å². The molecule has 3 aliphatic rings. The van der Waals surface area contributed by atoms with Crippen molar-refractivity contribution in [2.75, 3.05) is 13.1 Å². The van der Waals surface area contributed by atoms with Gasteiger partial charge in [-0.1, -0.05) is 18.0 Å². The summed E-state index contributed by atoms with van der Waals surface area (Å²) in [7, 11) is 0. The Hall–Kier alpha value is -1.39. The zero-order valence-electron chi connectivity index (χ0n) is 11.8. The maximum Gasteiger partial charge on any atom is 0.233 e. The van der Waals surface area contributed by atoms with Crippen LogP contribution >= 0.6 is 0 Å². The minimum Gasteiger partial charge on any atom is -0.341 e. The van der Waals surface area contributed by atoms with Gasteiger partial charge in [0, 0.05) is 25.4 Å². The average Bonchev–Trinajstić information content (AvgIpc) is 2.90. The molecule has 0 bridgehead atoms. The molecule has 0 aromatic carbocycles. The molecular weight excluding hydrogens is 254 g/mol. The van der Waals surface area contributed by atoms with Crippen molar-refractivity contribution in [1.82, 2.24) is 15.0 Å². The molecule has 1 aromatic rings. The molecule has 0 spiro atoms. The van der Waals surface area contributed by atoms with Gasteiger partial charge >= 0.3 is 0 Å². The monoisotopic (exact) mass is 275 g/mol. The number of rotatable bonds is 4. The van der Waals surface area contributed by atoms with Crippen molar-refractivity contribution in [3.8, 4) is 0 Å². The smallest absolute Gasteiger partial charge is 0.233 e. The van der Waals surface area contributed by atoms with Crippen LogP contribution in [0.3, 0.4) is 0 Å². The summed E-state index contributed by atoms with van der Waals surface area (Å²) in [6, 6.07) is 0. The highest BCUT2D eigenvalue weighted by Gasteiger charge is 2.37. The third kappa shape index (κ3) is 2.34. The first-order valence-electron chi connectivity index (χ1n) is 7.91. The molecule has 1 saturated heterocycles. The molecule has 2 saturated carbocycles. The van der Waals surface area contributed by atoms with Gasteiger partial charge in [0.1, 0.15) is 0 Å². The van der Waals surface area contributed by atoms with E-state index < -0.39 is 0 Å². The summed E-state index contributed by atoms with van der Waals surface area (Å²) in [4.78, 5) is 18.6. The minimum atomic E-state index is 0.266. The van der Waals surface area contributed by atoms with Gasteiger partial charge in [-0.05, 0) is 31.6 Å². The van der Waals surface area contributed by atoms with Crippen LogP contribution in [0.1, 0.15) is 68.5 Å². The van der Waals surface area contributed by atoms with Gasteiger partial charge in [0.15, 0.2) is 5.82 Å². The lowest BCUT2D eigenvalue weighted by Crippen LogP contribution is -2.48. The molecule has 3 fully saturated rings. The molecule has 2 aliphatic carbocycles. The first-order valence-corrected chi connectivity index (χ1v) is 7.91. The molecule has 20 heavy (non-hydrogen) atoms. The van der Waals surface area contributed by atoms with Gasteiger partial charge in [-0.15, -0.1) is 0 Å². The number of carbonyl (C=O) groups excluding carboxylic acids is 1. The van der Waals surface area contributed by atoms with E-state index in [9.17, 15) is 4.79 Å². The molecule has 5 nitrogen and oxygen atoms in total. The van der Waals surface area contributed by atoms with E-state index in [0.717, 1.165) is 31.2 Å². The largest absolute Gasteiger partial charge is 0.341 e. The minimum absolute atomic E-state index is 0.266. The topological polar surface area (TPSA) is 59.2 Å². The van der Waals surface area contributed by atoms with E-state index in [1.165, 1.54) is 38.5 Å². The van der Waals surface area contributed by atoms with Gasteiger partial charge in [-0.3, -0.25) is 4.79 Å². The van der Waals surface area contributed by atoms with E-state index in [0.29, 0.717) is 17.7 Å². The van der Waals surface area contributed by atoms with Gasteiger partial charge in [-0.25, -0.2) is 0 Å². The fraction of sp³-hybridized carbons (Fsp3) is 0.800. The Bertz CT molecular complexity index is 497. The number of aromatic nitrogens is 2. The Morgan fingerprint density at radius 3 is 2.60 bits per heavy atom. The molecule has 0 N–H and O–H groups in total. The number of hydrogen-bond donors (Lipinski definition) is 0. The van der Waals surface area contributed by atoms with Crippen molar-refractivity contribution in [2.45, 2.75) is 56.8 Å². The SMILES string of the molecule is O=C(CC1CCCC1)N1CC(c2nc(C3CC3)no2)C1. The van der Waals surface area contributed by atoms with Crippen LogP contribution in [0.15, 0.2) is 4.52 Å². The van der Waals surface area contributed by atoms with Crippen molar-refractivity contribution in [1.29, 1.82) is 0 Å². The van der Waals surface area contributed by atoms with Crippen molar-refractivity contribution < 1.29 is 9.32 Å². The summed E-state index contributed by atoms with van der Waals surface area (Å²) in [6.45, 7) is 1.52. The summed E-state index contributed by atoms with van der Waals surface area (Å²) in [5.41, 5.74) is 0. The van der Waals surface area contributed by atoms with Crippen LogP contribution in [0.4, 0.5) is 0 Å². The third-order valence-corrected chi connectivity index (χ3v) is 4.92.